The number of hydrogen-bond donors (Lipinski definition) is 0. The molecule has 2 aliphatic rings. The molecule has 0 amide bonds. The average molecular weight is 743 g/mol. The molecule has 0 saturated carbocycles. The molecule has 0 fully saturated rings. The van der Waals surface area contributed by atoms with E-state index in [1.165, 1.54) is 46.9 Å². The van der Waals surface area contributed by atoms with E-state index >= 15 is 0 Å². The van der Waals surface area contributed by atoms with Gasteiger partial charge in [-0.15, -0.1) is 0 Å². The van der Waals surface area contributed by atoms with Gasteiger partial charge in [-0.25, -0.2) is 0 Å². The maximum atomic E-state index is 2.46. The molecule has 43 heavy (non-hydrogen) atoms. The first-order valence-electron chi connectivity index (χ1n) is 15.2. The van der Waals surface area contributed by atoms with Gasteiger partial charge in [-0.3, -0.25) is 0 Å². The van der Waals surface area contributed by atoms with Gasteiger partial charge in [0.25, 0.3) is 0 Å². The van der Waals surface area contributed by atoms with Crippen molar-refractivity contribution < 1.29 is 23.2 Å². The first-order valence-corrected chi connectivity index (χ1v) is 19.5. The summed E-state index contributed by atoms with van der Waals surface area (Å²) in [7, 11) is 0. The molecule has 0 aliphatic heterocycles. The zero-order valence-corrected chi connectivity index (χ0v) is 31.6. The second-order valence-corrected chi connectivity index (χ2v) is 16.9. The first-order chi connectivity index (χ1) is 20.9. The molecule has 0 aromatic heterocycles. The van der Waals surface area contributed by atoms with E-state index in [4.69, 9.17) is 0 Å². The fourth-order valence-corrected chi connectivity index (χ4v) is 9.19. The van der Waals surface area contributed by atoms with Crippen molar-refractivity contribution in [2.75, 3.05) is 0 Å². The number of nitrogens with zero attached hydrogens (tertiary/aromatic N) is 1. The van der Waals surface area contributed by atoms with E-state index in [0.717, 1.165) is 19.3 Å². The Morgan fingerprint density at radius 2 is 0.930 bits per heavy atom. The van der Waals surface area contributed by atoms with Crippen LogP contribution < -0.4 is 0 Å². The van der Waals surface area contributed by atoms with Gasteiger partial charge in [0.2, 0.25) is 0 Å². The van der Waals surface area contributed by atoms with Gasteiger partial charge >= 0.3 is 193 Å². The Morgan fingerprint density at radius 1 is 0.558 bits per heavy atom. The fourth-order valence-electron chi connectivity index (χ4n) is 5.04. The second kappa shape index (κ2) is 17.7. The Hall–Kier alpha value is -2.45. The Kier molecular flexibility index (Phi) is 13.8. The third-order valence-electron chi connectivity index (χ3n) is 7.44. The molecular weight excluding hydrogens is 700 g/mol. The van der Waals surface area contributed by atoms with Crippen molar-refractivity contribution in [3.05, 3.63) is 167 Å². The van der Waals surface area contributed by atoms with Gasteiger partial charge in [0, 0.05) is 0 Å². The Morgan fingerprint density at radius 3 is 1.30 bits per heavy atom. The van der Waals surface area contributed by atoms with E-state index in [9.17, 15) is 0 Å². The van der Waals surface area contributed by atoms with E-state index < -0.39 is 23.2 Å². The van der Waals surface area contributed by atoms with Crippen LogP contribution in [-0.2, 0) is 23.2 Å². The van der Waals surface area contributed by atoms with Crippen molar-refractivity contribution in [2.24, 2.45) is 0 Å². The van der Waals surface area contributed by atoms with Crippen molar-refractivity contribution >= 4 is 49.0 Å². The fraction of sp³-hybridized carbons (Fsp3) is 0.200. The van der Waals surface area contributed by atoms with Gasteiger partial charge in [-0.2, -0.15) is 0 Å². The minimum atomic E-state index is -0.542. The molecule has 0 saturated heterocycles. The van der Waals surface area contributed by atoms with Gasteiger partial charge in [-0.05, 0) is 11.1 Å². The summed E-state index contributed by atoms with van der Waals surface area (Å²) in [5.74, 6) is 0. The molecule has 0 heterocycles. The number of allylic oxidation sites excluding steroid dienone is 4. The Labute approximate surface area is 286 Å². The van der Waals surface area contributed by atoms with E-state index in [2.05, 4.69) is 152 Å². The van der Waals surface area contributed by atoms with Crippen molar-refractivity contribution in [1.29, 1.82) is 0 Å². The topological polar surface area (TPSA) is 3.24 Å². The number of benzene rings is 4. The van der Waals surface area contributed by atoms with Crippen LogP contribution in [-0.4, -0.2) is 39.6 Å². The van der Waals surface area contributed by atoms with Crippen LogP contribution in [0.4, 0.5) is 0 Å². The van der Waals surface area contributed by atoms with Crippen LogP contribution in [0, 0.1) is 0 Å². The van der Waals surface area contributed by atoms with E-state index in [0.29, 0.717) is 0 Å². The van der Waals surface area contributed by atoms with Crippen LogP contribution in [0.3, 0.4) is 0 Å². The summed E-state index contributed by atoms with van der Waals surface area (Å²) >= 11 is 0.710. The summed E-state index contributed by atoms with van der Waals surface area (Å²) < 4.78 is 3.94. The second-order valence-electron chi connectivity index (χ2n) is 11.3. The quantitative estimate of drug-likeness (QED) is 0.171. The number of hydrogen-bond acceptors (Lipinski definition) is 1. The van der Waals surface area contributed by atoms with Gasteiger partial charge in [0.1, 0.15) is 0 Å². The average Bonchev–Trinajstić information content (AvgIpc) is 3.65. The van der Waals surface area contributed by atoms with Crippen LogP contribution in [0.1, 0.15) is 68.3 Å². The van der Waals surface area contributed by atoms with Crippen LogP contribution in [0.15, 0.2) is 133 Å². The van der Waals surface area contributed by atoms with Gasteiger partial charge in [0.15, 0.2) is 0 Å². The van der Waals surface area contributed by atoms with Crippen molar-refractivity contribution in [2.45, 2.75) is 47.0 Å². The predicted octanol–water partition coefficient (Wildman–Crippen LogP) is 10.2. The third kappa shape index (κ3) is 10.6. The molecule has 4 aromatic rings. The molecule has 2 aliphatic carbocycles. The molecule has 3 heteroatoms. The monoisotopic (exact) mass is 741 g/mol. The minimum absolute atomic E-state index is 0.542. The normalized spacial score (nSPS) is 16.3. The molecule has 1 nitrogen and oxygen atoms in total. The van der Waals surface area contributed by atoms with Crippen molar-refractivity contribution in [3.63, 3.8) is 0 Å². The van der Waals surface area contributed by atoms with Crippen LogP contribution in [0.2, 0.25) is 0 Å². The number of rotatable bonds is 7. The Balaban J connectivity index is 0.000000161. The van der Waals surface area contributed by atoms with Gasteiger partial charge in [0.05, 0.1) is 0 Å². The van der Waals surface area contributed by atoms with E-state index in [1.807, 2.05) is 36.4 Å². The van der Waals surface area contributed by atoms with Gasteiger partial charge < -0.3 is 0 Å². The third-order valence-corrected chi connectivity index (χ3v) is 15.1. The predicted molar refractivity (Wildman–Crippen MR) is 185 cm³/mol. The van der Waals surface area contributed by atoms with Gasteiger partial charge in [-0.1, -0.05) is 85.0 Å². The van der Waals surface area contributed by atoms with E-state index in [1.54, 1.807) is 11.1 Å². The summed E-state index contributed by atoms with van der Waals surface area (Å²) in [6.07, 6.45) is 17.8. The molecule has 0 N–H and O–H groups in total. The van der Waals surface area contributed by atoms with Crippen LogP contribution in [0.25, 0.3) is 24.3 Å². The molecule has 214 valence electrons. The summed E-state index contributed by atoms with van der Waals surface area (Å²) in [6.45, 7) is 8.96. The Bertz CT molecular complexity index is 1400. The number of fused-ring (bicyclic) bond motifs is 2. The SMILES string of the molecule is C(C=Cc1ccccc1)=Cc1ccccc1.C1=C[CH]([Zr][CH]2C=Cc3ccccc32)c2ccccc21.CC(C)[N]([In])C(C)C. The van der Waals surface area contributed by atoms with Crippen molar-refractivity contribution in [1.82, 2.24) is 2.89 Å². The summed E-state index contributed by atoms with van der Waals surface area (Å²) in [5.41, 5.74) is 8.44. The van der Waals surface area contributed by atoms with Crippen LogP contribution >= 0.6 is 0 Å². The maximum absolute atomic E-state index is 2.46. The molecule has 2 radical (unpaired) electrons. The summed E-state index contributed by atoms with van der Waals surface area (Å²) in [6, 6.07) is 39.8. The molecular formula is C40H42InNZr. The molecule has 2 atom stereocenters. The van der Waals surface area contributed by atoms with E-state index in [-0.39, 0.29) is 0 Å². The standard InChI is InChI=1S/C16H14.2C9H7.C6H14N.In.Zr/c1-3-9-15(10-4-1)13-7-8-14-16-11-5-2-6-12-16;2*1-2-5-9-7-3-6-8(9)4-1;1-5(2)7-6(3)4;;/h1-14H;2*1-7H;5-6H,1-4H3;;/q;;;-1;+1;. The summed E-state index contributed by atoms with van der Waals surface area (Å²) in [4.78, 5) is 0. The summed E-state index contributed by atoms with van der Waals surface area (Å²) in [5, 5.41) is 0. The molecule has 0 spiro atoms. The molecule has 0 bridgehead atoms. The zero-order chi connectivity index (χ0) is 30.4. The molecule has 6 rings (SSSR count). The van der Waals surface area contributed by atoms with Crippen molar-refractivity contribution in [3.8, 4) is 0 Å². The molecule has 2 unspecified atom stereocenters. The molecule has 4 aromatic carbocycles. The van der Waals surface area contributed by atoms with Crippen LogP contribution in [0.5, 0.6) is 0 Å². The zero-order valence-electron chi connectivity index (χ0n) is 25.8. The first kappa shape index (κ1) is 33.4.